The van der Waals surface area contributed by atoms with Crippen molar-refractivity contribution in [3.8, 4) is 0 Å². The molecular formula is C57H61N5O5S. The number of fused-ring (bicyclic) bond motifs is 7. The van der Waals surface area contributed by atoms with Crippen LogP contribution < -0.4 is 20.0 Å². The van der Waals surface area contributed by atoms with Crippen molar-refractivity contribution in [1.29, 1.82) is 0 Å². The van der Waals surface area contributed by atoms with Crippen LogP contribution in [0.25, 0.3) is 21.5 Å². The van der Waals surface area contributed by atoms with Crippen LogP contribution in [0.3, 0.4) is 0 Å². The minimum absolute atomic E-state index is 0.0309. The Labute approximate surface area is 404 Å². The number of hydrogen-bond acceptors (Lipinski definition) is 8. The number of carbonyl (C=O) groups is 4. The number of anilines is 4. The van der Waals surface area contributed by atoms with E-state index in [1.807, 2.05) is 42.5 Å². The molecule has 4 heterocycles. The molecular weight excluding hydrogens is 867 g/mol. The number of nitrogens with one attached hydrogen (secondary N) is 1. The van der Waals surface area contributed by atoms with Crippen molar-refractivity contribution in [3.63, 3.8) is 0 Å². The Morgan fingerprint density at radius 3 is 2.22 bits per heavy atom. The molecule has 11 heteroatoms. The second-order valence-corrected chi connectivity index (χ2v) is 21.5. The fourth-order valence-electron chi connectivity index (χ4n) is 11.2. The Morgan fingerprint density at radius 2 is 1.46 bits per heavy atom. The number of imide groups is 1. The van der Waals surface area contributed by atoms with Crippen molar-refractivity contribution >= 4 is 79.1 Å². The van der Waals surface area contributed by atoms with Crippen LogP contribution in [0.5, 0.6) is 0 Å². The van der Waals surface area contributed by atoms with Crippen molar-refractivity contribution in [2.45, 2.75) is 90.5 Å². The molecule has 1 atom stereocenters. The van der Waals surface area contributed by atoms with E-state index in [0.717, 1.165) is 63.0 Å². The van der Waals surface area contributed by atoms with Gasteiger partial charge >= 0.3 is 5.97 Å². The van der Waals surface area contributed by atoms with Gasteiger partial charge in [-0.25, -0.2) is 0 Å². The van der Waals surface area contributed by atoms with E-state index in [1.165, 1.54) is 33.3 Å². The number of allylic oxidation sites excluding steroid dienone is 6. The monoisotopic (exact) mass is 927 g/mol. The second-order valence-electron chi connectivity index (χ2n) is 20.5. The van der Waals surface area contributed by atoms with Gasteiger partial charge in [-0.05, 0) is 99.4 Å². The number of likely N-dealkylation sites (N-methyl/N-ethyl adjacent to an activating group) is 1. The van der Waals surface area contributed by atoms with Gasteiger partial charge in [0.05, 0.1) is 17.4 Å². The van der Waals surface area contributed by atoms with E-state index in [4.69, 9.17) is 0 Å². The molecule has 10 nitrogen and oxygen atoms in total. The molecule has 0 aliphatic carbocycles. The zero-order valence-electron chi connectivity index (χ0n) is 40.5. The van der Waals surface area contributed by atoms with E-state index < -0.39 is 35.0 Å². The predicted molar refractivity (Wildman–Crippen MR) is 279 cm³/mol. The number of carbonyl (C=O) groups excluding carboxylic acids is 3. The Morgan fingerprint density at radius 1 is 0.735 bits per heavy atom. The Hall–Kier alpha value is -6.59. The summed E-state index contributed by atoms with van der Waals surface area (Å²) in [6, 6.07) is 30.8. The fraction of sp³-hybridized carbons (Fsp3) is 0.333. The molecule has 3 amide bonds. The first kappa shape index (κ1) is 46.5. The van der Waals surface area contributed by atoms with Crippen LogP contribution in [0, 0.1) is 5.92 Å². The largest absolute Gasteiger partial charge is 0.481 e. The lowest BCUT2D eigenvalue weighted by atomic mass is 9.78. The van der Waals surface area contributed by atoms with Crippen LogP contribution in [-0.4, -0.2) is 65.8 Å². The molecule has 9 rings (SSSR count). The standard InChI is InChI=1S/C57H61N5O5S/c1-35(2)30-32-60-42-21-13-12-19-40(42)55(3,4)48(60)29-28-45-53(66)62(54(67)68-45)34-49(63)58-41-20-14-18-39-38(41)25-27-44-52(39)57(7,8)47(61(44)33-31-50(64)65)23-15-22-46-56(5,6)51-37-17-11-10-16-36(37)24-26-43(51)59(46)9/h10-29,35,47H,30-34H2,1-9H3,(H,58,63)(H,64,65). The number of amides is 3. The summed E-state index contributed by atoms with van der Waals surface area (Å²) in [6.45, 7) is 18.4. The first-order chi connectivity index (χ1) is 32.3. The van der Waals surface area contributed by atoms with Crippen LogP contribution in [0.4, 0.5) is 27.5 Å². The summed E-state index contributed by atoms with van der Waals surface area (Å²) >= 11 is 0.851. The van der Waals surface area contributed by atoms with Gasteiger partial charge in [0.1, 0.15) is 6.54 Å². The SMILES string of the molecule is CC(C)CCN1C(=CC=C2SC(=O)N(CC(=O)Nc3cccc4c5c(ccc34)N(CCC(=O)O)C(C=CC=C3N(C)c4ccc6ccccc6c4C3(C)C)C5(C)C)C2=O)C(C)(C)c2ccccc21. The molecule has 68 heavy (non-hydrogen) atoms. The van der Waals surface area contributed by atoms with Crippen molar-refractivity contribution in [2.75, 3.05) is 46.7 Å². The molecule has 350 valence electrons. The normalized spacial score (nSPS) is 20.9. The van der Waals surface area contributed by atoms with Gasteiger partial charge in [-0.15, -0.1) is 0 Å². The Bertz CT molecular complexity index is 3050. The van der Waals surface area contributed by atoms with E-state index in [2.05, 4.69) is 155 Å². The molecule has 1 unspecified atom stereocenters. The fourth-order valence-corrected chi connectivity index (χ4v) is 12.0. The predicted octanol–water partition coefficient (Wildman–Crippen LogP) is 12.0. The van der Waals surface area contributed by atoms with Crippen LogP contribution in [0.2, 0.25) is 0 Å². The molecule has 5 aromatic carbocycles. The zero-order chi connectivity index (χ0) is 48.4. The van der Waals surface area contributed by atoms with Gasteiger partial charge in [-0.3, -0.25) is 24.1 Å². The van der Waals surface area contributed by atoms with E-state index in [9.17, 15) is 24.3 Å². The number of hydrogen-bond donors (Lipinski definition) is 2. The number of thioether (sulfide) groups is 1. The molecule has 0 spiro atoms. The molecule has 2 N–H and O–H groups in total. The number of aliphatic carboxylic acids is 1. The highest BCUT2D eigenvalue weighted by molar-refractivity contribution is 8.18. The Kier molecular flexibility index (Phi) is 12.0. The van der Waals surface area contributed by atoms with Crippen LogP contribution in [-0.2, 0) is 30.6 Å². The van der Waals surface area contributed by atoms with Crippen molar-refractivity contribution in [1.82, 2.24) is 4.90 Å². The molecule has 1 saturated heterocycles. The topological polar surface area (TPSA) is 114 Å². The maximum atomic E-state index is 13.8. The van der Waals surface area contributed by atoms with Gasteiger partial charge in [0.2, 0.25) is 5.91 Å². The smallest absolute Gasteiger partial charge is 0.305 e. The van der Waals surface area contributed by atoms with E-state index in [-0.39, 0.29) is 28.2 Å². The van der Waals surface area contributed by atoms with Crippen LogP contribution in [0.15, 0.2) is 138 Å². The van der Waals surface area contributed by atoms with E-state index >= 15 is 0 Å². The third-order valence-corrected chi connectivity index (χ3v) is 15.6. The summed E-state index contributed by atoms with van der Waals surface area (Å²) in [5.74, 6) is -1.34. The number of nitrogens with zero attached hydrogens (tertiary/aromatic N) is 4. The highest BCUT2D eigenvalue weighted by Crippen LogP contribution is 2.52. The number of carboxylic acids is 1. The van der Waals surface area contributed by atoms with Crippen molar-refractivity contribution < 1.29 is 24.3 Å². The van der Waals surface area contributed by atoms with Gasteiger partial charge in [0.25, 0.3) is 11.1 Å². The highest BCUT2D eigenvalue weighted by Gasteiger charge is 2.45. The third-order valence-electron chi connectivity index (χ3n) is 14.6. The number of carboxylic acid groups (broad SMARTS) is 1. The van der Waals surface area contributed by atoms with Crippen molar-refractivity contribution in [3.05, 3.63) is 154 Å². The molecule has 0 bridgehead atoms. The average molecular weight is 928 g/mol. The van der Waals surface area contributed by atoms with Crippen LogP contribution in [0.1, 0.15) is 84.9 Å². The summed E-state index contributed by atoms with van der Waals surface area (Å²) in [5, 5.41) is 16.6. The molecule has 5 aromatic rings. The van der Waals surface area contributed by atoms with Gasteiger partial charge in [0, 0.05) is 75.9 Å². The minimum Gasteiger partial charge on any atom is -0.481 e. The first-order valence-corrected chi connectivity index (χ1v) is 24.5. The summed E-state index contributed by atoms with van der Waals surface area (Å²) in [4.78, 5) is 61.1. The first-order valence-electron chi connectivity index (χ1n) is 23.6. The van der Waals surface area contributed by atoms with Crippen LogP contribution >= 0.6 is 11.8 Å². The molecule has 1 fully saturated rings. The summed E-state index contributed by atoms with van der Waals surface area (Å²) in [6.07, 6.45) is 11.2. The van der Waals surface area contributed by atoms with Gasteiger partial charge in [-0.2, -0.15) is 0 Å². The lowest BCUT2D eigenvalue weighted by Gasteiger charge is -2.32. The van der Waals surface area contributed by atoms with Crippen molar-refractivity contribution in [2.24, 2.45) is 5.92 Å². The third kappa shape index (κ3) is 7.88. The highest BCUT2D eigenvalue weighted by atomic mass is 32.2. The summed E-state index contributed by atoms with van der Waals surface area (Å²) < 4.78 is 0. The minimum atomic E-state index is -0.869. The lowest BCUT2D eigenvalue weighted by molar-refractivity contribution is -0.136. The zero-order valence-corrected chi connectivity index (χ0v) is 41.3. The molecule has 4 aliphatic heterocycles. The van der Waals surface area contributed by atoms with E-state index in [0.29, 0.717) is 18.2 Å². The van der Waals surface area contributed by atoms with E-state index in [1.54, 1.807) is 6.08 Å². The number of rotatable bonds is 12. The quantitative estimate of drug-likeness (QED) is 0.118. The molecule has 4 aliphatic rings. The van der Waals surface area contributed by atoms with Gasteiger partial charge in [0.15, 0.2) is 0 Å². The second kappa shape index (κ2) is 17.5. The summed E-state index contributed by atoms with van der Waals surface area (Å²) in [7, 11) is 2.12. The maximum absolute atomic E-state index is 13.8. The van der Waals surface area contributed by atoms with Gasteiger partial charge in [-0.1, -0.05) is 134 Å². The lowest BCUT2D eigenvalue weighted by Crippen LogP contribution is -2.41. The maximum Gasteiger partial charge on any atom is 0.305 e. The number of para-hydroxylation sites is 1. The average Bonchev–Trinajstić information content (AvgIpc) is 3.85. The molecule has 0 radical (unpaired) electrons. The summed E-state index contributed by atoms with van der Waals surface area (Å²) in [5.41, 5.74) is 8.59. The number of benzene rings is 5. The Balaban J connectivity index is 0.960. The molecule has 0 aromatic heterocycles. The molecule has 0 saturated carbocycles. The van der Waals surface area contributed by atoms with Gasteiger partial charge < -0.3 is 25.1 Å².